The number of nitrogens with zero attached hydrogens (tertiary/aromatic N) is 2. The van der Waals surface area contributed by atoms with Gasteiger partial charge in [0.25, 0.3) is 0 Å². The highest BCUT2D eigenvalue weighted by Gasteiger charge is 2.32. The van der Waals surface area contributed by atoms with Crippen molar-refractivity contribution in [3.63, 3.8) is 0 Å². The van der Waals surface area contributed by atoms with Gasteiger partial charge in [-0.05, 0) is 32.4 Å². The zero-order valence-corrected chi connectivity index (χ0v) is 15.2. The Morgan fingerprint density at radius 2 is 2.12 bits per heavy atom. The number of aliphatic hydroxyl groups excluding tert-OH is 1. The number of urea groups is 1. The molecule has 0 saturated carbocycles. The van der Waals surface area contributed by atoms with Gasteiger partial charge in [-0.3, -0.25) is 0 Å². The van der Waals surface area contributed by atoms with Crippen LogP contribution in [0.25, 0.3) is 0 Å². The molecule has 0 aromatic heterocycles. The van der Waals surface area contributed by atoms with Crippen molar-refractivity contribution in [1.82, 2.24) is 15.1 Å². The first-order valence-corrected chi connectivity index (χ1v) is 8.81. The van der Waals surface area contributed by atoms with Gasteiger partial charge in [0.1, 0.15) is 0 Å². The average Bonchev–Trinajstić information content (AvgIpc) is 2.55. The van der Waals surface area contributed by atoms with Crippen molar-refractivity contribution in [2.45, 2.75) is 39.3 Å². The molecule has 2 unspecified atom stereocenters. The fraction of sp³-hybridized carbons (Fsp3) is 0.632. The molecule has 5 heteroatoms. The van der Waals surface area contributed by atoms with E-state index in [1.165, 1.54) is 5.56 Å². The Labute approximate surface area is 145 Å². The summed E-state index contributed by atoms with van der Waals surface area (Å²) in [6.45, 7) is 7.28. The Kier molecular flexibility index (Phi) is 6.63. The quantitative estimate of drug-likeness (QED) is 0.840. The van der Waals surface area contributed by atoms with Crippen LogP contribution in [0.15, 0.2) is 30.3 Å². The maximum absolute atomic E-state index is 12.5. The number of carbonyl (C=O) groups excluding carboxylic acids is 1. The largest absolute Gasteiger partial charge is 0.396 e. The van der Waals surface area contributed by atoms with Gasteiger partial charge in [0.15, 0.2) is 0 Å². The van der Waals surface area contributed by atoms with Gasteiger partial charge in [-0.2, -0.15) is 0 Å². The van der Waals surface area contributed by atoms with Gasteiger partial charge in [-0.25, -0.2) is 4.79 Å². The van der Waals surface area contributed by atoms with Crippen LogP contribution >= 0.6 is 0 Å². The number of aliphatic hydroxyl groups is 1. The number of nitrogens with one attached hydrogen (secondary N) is 1. The second kappa shape index (κ2) is 8.49. The minimum atomic E-state index is -0.164. The lowest BCUT2D eigenvalue weighted by Crippen LogP contribution is -2.53. The monoisotopic (exact) mass is 333 g/mol. The first-order valence-electron chi connectivity index (χ1n) is 8.81. The molecule has 1 aromatic rings. The van der Waals surface area contributed by atoms with Crippen molar-refractivity contribution in [3.8, 4) is 0 Å². The molecule has 24 heavy (non-hydrogen) atoms. The second-order valence-corrected chi connectivity index (χ2v) is 7.53. The zero-order valence-electron chi connectivity index (χ0n) is 15.2. The van der Waals surface area contributed by atoms with Gasteiger partial charge in [-0.1, -0.05) is 37.3 Å². The van der Waals surface area contributed by atoms with Crippen LogP contribution in [0.1, 0.15) is 32.3 Å². The first kappa shape index (κ1) is 18.7. The normalized spacial score (nSPS) is 22.5. The number of amides is 2. The van der Waals surface area contributed by atoms with E-state index in [9.17, 15) is 9.90 Å². The summed E-state index contributed by atoms with van der Waals surface area (Å²) in [6.07, 6.45) is 1.93. The molecule has 5 nitrogen and oxygen atoms in total. The summed E-state index contributed by atoms with van der Waals surface area (Å²) in [6, 6.07) is 10.4. The van der Waals surface area contributed by atoms with E-state index in [2.05, 4.69) is 29.4 Å². The summed E-state index contributed by atoms with van der Waals surface area (Å²) in [5.41, 5.74) is 1.11. The molecular weight excluding hydrogens is 302 g/mol. The number of likely N-dealkylation sites (tertiary alicyclic amines) is 1. The van der Waals surface area contributed by atoms with Crippen LogP contribution in [-0.2, 0) is 6.54 Å². The second-order valence-electron chi connectivity index (χ2n) is 7.53. The summed E-state index contributed by atoms with van der Waals surface area (Å²) in [5.74, 6) is 0. The van der Waals surface area contributed by atoms with Crippen LogP contribution in [0.5, 0.6) is 0 Å². The van der Waals surface area contributed by atoms with Gasteiger partial charge < -0.3 is 20.2 Å². The predicted octanol–water partition coefficient (Wildman–Crippen LogP) is 2.31. The maximum Gasteiger partial charge on any atom is 0.317 e. The summed E-state index contributed by atoms with van der Waals surface area (Å²) in [5, 5.41) is 12.6. The standard InChI is InChI=1S/C19H31N3O2/c1-16(12-21(3)13-17-8-5-4-6-9-17)20-18(24)22-11-7-10-19(2,14-22)15-23/h4-6,8-9,16,23H,7,10-15H2,1-3H3,(H,20,24). The molecule has 2 rings (SSSR count). The van der Waals surface area contributed by atoms with Crippen LogP contribution in [-0.4, -0.2) is 60.3 Å². The highest BCUT2D eigenvalue weighted by Crippen LogP contribution is 2.28. The van der Waals surface area contributed by atoms with Crippen molar-refractivity contribution in [2.24, 2.45) is 5.41 Å². The van der Waals surface area contributed by atoms with Gasteiger partial charge in [0.05, 0.1) is 6.61 Å². The molecule has 0 spiro atoms. The molecular formula is C19H31N3O2. The fourth-order valence-electron chi connectivity index (χ4n) is 3.39. The van der Waals surface area contributed by atoms with Gasteiger partial charge in [0.2, 0.25) is 0 Å². The predicted molar refractivity (Wildman–Crippen MR) is 96.8 cm³/mol. The molecule has 1 aliphatic heterocycles. The van der Waals surface area contributed by atoms with Gasteiger partial charge in [-0.15, -0.1) is 0 Å². The molecule has 1 fully saturated rings. The van der Waals surface area contributed by atoms with Crippen molar-refractivity contribution in [3.05, 3.63) is 35.9 Å². The van der Waals surface area contributed by atoms with E-state index >= 15 is 0 Å². The van der Waals surface area contributed by atoms with Crippen molar-refractivity contribution in [1.29, 1.82) is 0 Å². The highest BCUT2D eigenvalue weighted by molar-refractivity contribution is 5.74. The van der Waals surface area contributed by atoms with Crippen LogP contribution < -0.4 is 5.32 Å². The Bertz CT molecular complexity index is 523. The molecule has 1 heterocycles. The Balaban J connectivity index is 1.78. The third kappa shape index (κ3) is 5.49. The molecule has 1 aliphatic rings. The van der Waals surface area contributed by atoms with Gasteiger partial charge in [0, 0.05) is 37.6 Å². The van der Waals surface area contributed by atoms with Gasteiger partial charge >= 0.3 is 6.03 Å². The third-order valence-corrected chi connectivity index (χ3v) is 4.70. The Morgan fingerprint density at radius 1 is 1.42 bits per heavy atom. The van der Waals surface area contributed by atoms with E-state index < -0.39 is 0 Å². The topological polar surface area (TPSA) is 55.8 Å². The molecule has 1 aromatic carbocycles. The summed E-state index contributed by atoms with van der Waals surface area (Å²) in [7, 11) is 2.07. The number of rotatable bonds is 6. The van der Waals surface area contributed by atoms with E-state index in [0.717, 1.165) is 32.5 Å². The Morgan fingerprint density at radius 3 is 2.79 bits per heavy atom. The lowest BCUT2D eigenvalue weighted by atomic mass is 9.83. The van der Waals surface area contributed by atoms with E-state index in [1.807, 2.05) is 36.9 Å². The number of piperidine rings is 1. The van der Waals surface area contributed by atoms with E-state index in [4.69, 9.17) is 0 Å². The third-order valence-electron chi connectivity index (χ3n) is 4.70. The van der Waals surface area contributed by atoms with E-state index in [0.29, 0.717) is 6.54 Å². The first-order chi connectivity index (χ1) is 11.4. The molecule has 134 valence electrons. The van der Waals surface area contributed by atoms with Crippen molar-refractivity contribution >= 4 is 6.03 Å². The SMILES string of the molecule is CC(CN(C)Cc1ccccc1)NC(=O)N1CCCC(C)(CO)C1. The summed E-state index contributed by atoms with van der Waals surface area (Å²) >= 11 is 0. The summed E-state index contributed by atoms with van der Waals surface area (Å²) < 4.78 is 0. The minimum absolute atomic E-state index is 0.0185. The number of likely N-dealkylation sites (N-methyl/N-ethyl adjacent to an activating group) is 1. The van der Waals surface area contributed by atoms with Crippen LogP contribution in [0.3, 0.4) is 0 Å². The number of hydrogen-bond donors (Lipinski definition) is 2. The molecule has 2 atom stereocenters. The minimum Gasteiger partial charge on any atom is -0.396 e. The van der Waals surface area contributed by atoms with Crippen LogP contribution in [0.4, 0.5) is 4.79 Å². The highest BCUT2D eigenvalue weighted by atomic mass is 16.3. The van der Waals surface area contributed by atoms with Crippen molar-refractivity contribution < 1.29 is 9.90 Å². The zero-order chi connectivity index (χ0) is 17.6. The molecule has 2 amide bonds. The van der Waals surface area contributed by atoms with E-state index in [-0.39, 0.29) is 24.1 Å². The smallest absolute Gasteiger partial charge is 0.317 e. The number of benzene rings is 1. The fourth-order valence-corrected chi connectivity index (χ4v) is 3.39. The van der Waals surface area contributed by atoms with Crippen LogP contribution in [0.2, 0.25) is 0 Å². The molecule has 1 saturated heterocycles. The summed E-state index contributed by atoms with van der Waals surface area (Å²) in [4.78, 5) is 16.5. The van der Waals surface area contributed by atoms with Crippen LogP contribution in [0, 0.1) is 5.41 Å². The molecule has 0 bridgehead atoms. The molecule has 0 aliphatic carbocycles. The lowest BCUT2D eigenvalue weighted by Gasteiger charge is -2.39. The number of carbonyl (C=O) groups is 1. The molecule has 2 N–H and O–H groups in total. The maximum atomic E-state index is 12.5. The number of hydrogen-bond acceptors (Lipinski definition) is 3. The molecule has 0 radical (unpaired) electrons. The Hall–Kier alpha value is -1.59. The lowest BCUT2D eigenvalue weighted by molar-refractivity contribution is 0.0606. The van der Waals surface area contributed by atoms with Crippen molar-refractivity contribution in [2.75, 3.05) is 33.3 Å². The average molecular weight is 333 g/mol. The van der Waals surface area contributed by atoms with E-state index in [1.54, 1.807) is 0 Å².